The summed E-state index contributed by atoms with van der Waals surface area (Å²) in [5.74, 6) is -1.71. The van der Waals surface area contributed by atoms with E-state index >= 15 is 0 Å². The highest BCUT2D eigenvalue weighted by molar-refractivity contribution is 5.26. The van der Waals surface area contributed by atoms with Crippen LogP contribution in [0.1, 0.15) is 25.8 Å². The van der Waals surface area contributed by atoms with Crippen LogP contribution in [0.5, 0.6) is 0 Å². The molecule has 0 bridgehead atoms. The Balaban J connectivity index is 3.15. The molecule has 0 aromatic heterocycles. The second-order valence-corrected chi connectivity index (χ2v) is 3.94. The molecule has 1 aromatic carbocycles. The van der Waals surface area contributed by atoms with Gasteiger partial charge in [0.1, 0.15) is 0 Å². The molecule has 0 saturated heterocycles. The predicted octanol–water partition coefficient (Wildman–Crippen LogP) is 2.17. The zero-order chi connectivity index (χ0) is 12.2. The fourth-order valence-corrected chi connectivity index (χ4v) is 1.86. The molecule has 4 heteroatoms. The first-order valence-electron chi connectivity index (χ1n) is 5.35. The second kappa shape index (κ2) is 5.37. The average molecular weight is 229 g/mol. The van der Waals surface area contributed by atoms with Gasteiger partial charge in [-0.3, -0.25) is 0 Å². The highest BCUT2D eigenvalue weighted by atomic mass is 19.2. The number of hydrogen-bond donors (Lipinski definition) is 2. The number of aliphatic hydroxyl groups excluding tert-OH is 1. The predicted molar refractivity (Wildman–Crippen MR) is 59.1 cm³/mol. The van der Waals surface area contributed by atoms with Gasteiger partial charge in [-0.05, 0) is 26.0 Å². The van der Waals surface area contributed by atoms with Crippen molar-refractivity contribution >= 4 is 0 Å². The van der Waals surface area contributed by atoms with E-state index in [0.717, 1.165) is 6.07 Å². The minimum Gasteiger partial charge on any atom is -0.396 e. The van der Waals surface area contributed by atoms with E-state index in [2.05, 4.69) is 5.32 Å². The molecule has 16 heavy (non-hydrogen) atoms. The van der Waals surface area contributed by atoms with Gasteiger partial charge in [0.15, 0.2) is 11.6 Å². The summed E-state index contributed by atoms with van der Waals surface area (Å²) in [6.07, 6.45) is 0.335. The molecule has 0 heterocycles. The van der Waals surface area contributed by atoms with Crippen LogP contribution in [0.15, 0.2) is 18.2 Å². The first kappa shape index (κ1) is 13.1. The van der Waals surface area contributed by atoms with Crippen LogP contribution >= 0.6 is 0 Å². The van der Waals surface area contributed by atoms with Crippen molar-refractivity contribution in [2.75, 3.05) is 13.2 Å². The summed E-state index contributed by atoms with van der Waals surface area (Å²) in [6.45, 7) is 4.17. The lowest BCUT2D eigenvalue weighted by Gasteiger charge is -2.31. The molecule has 0 aliphatic rings. The van der Waals surface area contributed by atoms with Gasteiger partial charge in [0, 0.05) is 17.7 Å². The Morgan fingerprint density at radius 1 is 1.38 bits per heavy atom. The monoisotopic (exact) mass is 229 g/mol. The van der Waals surface area contributed by atoms with Crippen molar-refractivity contribution in [1.29, 1.82) is 0 Å². The summed E-state index contributed by atoms with van der Waals surface area (Å²) < 4.78 is 26.8. The topological polar surface area (TPSA) is 32.3 Å². The highest BCUT2D eigenvalue weighted by Gasteiger charge is 2.29. The lowest BCUT2D eigenvalue weighted by Crippen LogP contribution is -2.41. The fraction of sp³-hybridized carbons (Fsp3) is 0.500. The zero-order valence-corrected chi connectivity index (χ0v) is 9.56. The van der Waals surface area contributed by atoms with Gasteiger partial charge < -0.3 is 10.4 Å². The molecule has 1 atom stereocenters. The summed E-state index contributed by atoms with van der Waals surface area (Å²) in [4.78, 5) is 0. The van der Waals surface area contributed by atoms with Crippen molar-refractivity contribution in [3.63, 3.8) is 0 Å². The van der Waals surface area contributed by atoms with Crippen LogP contribution in [-0.2, 0) is 5.54 Å². The Kier molecular flexibility index (Phi) is 4.38. The summed E-state index contributed by atoms with van der Waals surface area (Å²) in [6, 6.07) is 4.10. The van der Waals surface area contributed by atoms with Gasteiger partial charge >= 0.3 is 0 Å². The van der Waals surface area contributed by atoms with E-state index < -0.39 is 17.2 Å². The molecule has 0 spiro atoms. The van der Waals surface area contributed by atoms with Crippen LogP contribution in [0.3, 0.4) is 0 Å². The number of aliphatic hydroxyl groups is 1. The molecule has 0 saturated carbocycles. The third-order valence-corrected chi connectivity index (χ3v) is 2.72. The van der Waals surface area contributed by atoms with Crippen LogP contribution < -0.4 is 5.32 Å². The van der Waals surface area contributed by atoms with Crippen LogP contribution in [0.2, 0.25) is 0 Å². The van der Waals surface area contributed by atoms with Crippen molar-refractivity contribution in [3.8, 4) is 0 Å². The van der Waals surface area contributed by atoms with E-state index in [1.54, 1.807) is 6.92 Å². The lowest BCUT2D eigenvalue weighted by atomic mass is 9.88. The van der Waals surface area contributed by atoms with Crippen molar-refractivity contribution < 1.29 is 13.9 Å². The van der Waals surface area contributed by atoms with E-state index in [1.165, 1.54) is 12.1 Å². The standard InChI is InChI=1S/C12H17F2NO/c1-3-15-12(2,7-8-16)9-5-4-6-10(13)11(9)14/h4-6,15-16H,3,7-8H2,1-2H3. The molecule has 0 amide bonds. The van der Waals surface area contributed by atoms with Gasteiger partial charge in [-0.1, -0.05) is 19.1 Å². The quantitative estimate of drug-likeness (QED) is 0.811. The van der Waals surface area contributed by atoms with Crippen molar-refractivity contribution in [2.45, 2.75) is 25.8 Å². The number of benzene rings is 1. The molecular weight excluding hydrogens is 212 g/mol. The van der Waals surface area contributed by atoms with Crippen LogP contribution in [0.25, 0.3) is 0 Å². The minimum atomic E-state index is -0.862. The van der Waals surface area contributed by atoms with Gasteiger partial charge in [0.05, 0.1) is 0 Å². The Bertz CT molecular complexity index is 349. The molecule has 1 unspecified atom stereocenters. The summed E-state index contributed by atoms with van der Waals surface area (Å²) in [5.41, 5.74) is -0.487. The molecule has 90 valence electrons. The SMILES string of the molecule is CCNC(C)(CCO)c1cccc(F)c1F. The highest BCUT2D eigenvalue weighted by Crippen LogP contribution is 2.27. The molecule has 0 aliphatic heterocycles. The normalized spacial score (nSPS) is 14.8. The zero-order valence-electron chi connectivity index (χ0n) is 9.56. The summed E-state index contributed by atoms with van der Waals surface area (Å²) in [7, 11) is 0. The molecular formula is C12H17F2NO. The smallest absolute Gasteiger partial charge is 0.163 e. The number of nitrogens with one attached hydrogen (secondary N) is 1. The summed E-state index contributed by atoms with van der Waals surface area (Å²) >= 11 is 0. The van der Waals surface area contributed by atoms with Crippen LogP contribution in [-0.4, -0.2) is 18.3 Å². The van der Waals surface area contributed by atoms with Gasteiger partial charge in [-0.2, -0.15) is 0 Å². The first-order chi connectivity index (χ1) is 7.55. The van der Waals surface area contributed by atoms with Gasteiger partial charge in [0.25, 0.3) is 0 Å². The molecule has 1 aromatic rings. The lowest BCUT2D eigenvalue weighted by molar-refractivity contribution is 0.218. The van der Waals surface area contributed by atoms with Crippen LogP contribution in [0.4, 0.5) is 8.78 Å². The van der Waals surface area contributed by atoms with Gasteiger partial charge in [-0.15, -0.1) is 0 Å². The Morgan fingerprint density at radius 3 is 2.62 bits per heavy atom. The second-order valence-electron chi connectivity index (χ2n) is 3.94. The number of rotatable bonds is 5. The third-order valence-electron chi connectivity index (χ3n) is 2.72. The maximum Gasteiger partial charge on any atom is 0.163 e. The number of halogens is 2. The van der Waals surface area contributed by atoms with Crippen LogP contribution in [0, 0.1) is 11.6 Å². The molecule has 2 nitrogen and oxygen atoms in total. The van der Waals surface area contributed by atoms with Gasteiger partial charge in [-0.25, -0.2) is 8.78 Å². The number of hydrogen-bond acceptors (Lipinski definition) is 2. The Hall–Kier alpha value is -1.00. The van der Waals surface area contributed by atoms with E-state index in [4.69, 9.17) is 5.11 Å². The first-order valence-corrected chi connectivity index (χ1v) is 5.35. The van der Waals surface area contributed by atoms with E-state index in [-0.39, 0.29) is 12.2 Å². The average Bonchev–Trinajstić information content (AvgIpc) is 2.22. The van der Waals surface area contributed by atoms with Crippen molar-refractivity contribution in [3.05, 3.63) is 35.4 Å². The fourth-order valence-electron chi connectivity index (χ4n) is 1.86. The Morgan fingerprint density at radius 2 is 2.06 bits per heavy atom. The molecule has 0 radical (unpaired) electrons. The maximum absolute atomic E-state index is 13.6. The largest absolute Gasteiger partial charge is 0.396 e. The van der Waals surface area contributed by atoms with E-state index in [9.17, 15) is 8.78 Å². The molecule has 0 fully saturated rings. The minimum absolute atomic E-state index is 0.0839. The molecule has 1 rings (SSSR count). The third kappa shape index (κ3) is 2.57. The van der Waals surface area contributed by atoms with E-state index in [0.29, 0.717) is 13.0 Å². The summed E-state index contributed by atoms with van der Waals surface area (Å²) in [5, 5.41) is 12.1. The van der Waals surface area contributed by atoms with Crippen molar-refractivity contribution in [1.82, 2.24) is 5.32 Å². The van der Waals surface area contributed by atoms with E-state index in [1.807, 2.05) is 6.92 Å². The van der Waals surface area contributed by atoms with Crippen molar-refractivity contribution in [2.24, 2.45) is 0 Å². The van der Waals surface area contributed by atoms with Gasteiger partial charge in [0.2, 0.25) is 0 Å². The molecule has 0 aliphatic carbocycles. The molecule has 2 N–H and O–H groups in total. The Labute approximate surface area is 94.3 Å². The maximum atomic E-state index is 13.6.